The lowest BCUT2D eigenvalue weighted by molar-refractivity contribution is -0.121. The van der Waals surface area contributed by atoms with Gasteiger partial charge in [0.05, 0.1) is 23.7 Å². The Morgan fingerprint density at radius 1 is 1.38 bits per heavy atom. The lowest BCUT2D eigenvalue weighted by atomic mass is 9.98. The highest BCUT2D eigenvalue weighted by Crippen LogP contribution is 2.27. The van der Waals surface area contributed by atoms with Crippen LogP contribution in [0, 0.1) is 31.0 Å². The van der Waals surface area contributed by atoms with Crippen molar-refractivity contribution in [3.8, 4) is 6.07 Å². The van der Waals surface area contributed by atoms with Gasteiger partial charge in [-0.25, -0.2) is 4.39 Å². The van der Waals surface area contributed by atoms with Crippen LogP contribution in [0.5, 0.6) is 0 Å². The molecular formula is C21H18ClFN4O2. The maximum Gasteiger partial charge on any atom is 0.252 e. The Labute approximate surface area is 171 Å². The quantitative estimate of drug-likeness (QED) is 0.683. The van der Waals surface area contributed by atoms with Crippen molar-refractivity contribution in [2.24, 2.45) is 0 Å². The molecule has 0 unspecified atom stereocenters. The maximum absolute atomic E-state index is 14.1. The molecule has 0 aliphatic rings. The van der Waals surface area contributed by atoms with Gasteiger partial charge in [0.15, 0.2) is 0 Å². The molecule has 0 spiro atoms. The van der Waals surface area contributed by atoms with Crippen molar-refractivity contribution in [1.82, 2.24) is 15.3 Å². The Morgan fingerprint density at radius 3 is 2.76 bits per heavy atom. The fourth-order valence-corrected chi connectivity index (χ4v) is 3.51. The lowest BCUT2D eigenvalue weighted by Gasteiger charge is -2.16. The molecule has 0 aliphatic heterocycles. The number of hydrogen-bond acceptors (Lipinski definition) is 4. The average Bonchev–Trinajstić information content (AvgIpc) is 2.67. The molecule has 3 rings (SSSR count). The number of halogens is 2. The Balaban J connectivity index is 1.87. The third kappa shape index (κ3) is 3.98. The molecule has 0 aliphatic carbocycles. The van der Waals surface area contributed by atoms with E-state index in [1.807, 2.05) is 6.92 Å². The zero-order valence-corrected chi connectivity index (χ0v) is 16.8. The smallest absolute Gasteiger partial charge is 0.252 e. The number of H-pyrrole nitrogens is 1. The topological polar surface area (TPSA) is 98.6 Å². The monoisotopic (exact) mass is 412 g/mol. The predicted octanol–water partition coefficient (Wildman–Crippen LogP) is 3.62. The summed E-state index contributed by atoms with van der Waals surface area (Å²) in [6, 6.07) is 5.58. The molecule has 6 nitrogen and oxygen atoms in total. The number of benzene rings is 1. The Kier molecular flexibility index (Phi) is 5.66. The average molecular weight is 413 g/mol. The van der Waals surface area contributed by atoms with Crippen LogP contribution in [-0.2, 0) is 11.2 Å². The molecule has 0 saturated carbocycles. The minimum atomic E-state index is -0.730. The Hall–Kier alpha value is -3.24. The van der Waals surface area contributed by atoms with Crippen LogP contribution >= 0.6 is 11.6 Å². The van der Waals surface area contributed by atoms with Crippen molar-refractivity contribution in [1.29, 1.82) is 5.26 Å². The first-order chi connectivity index (χ1) is 13.7. The molecular weight excluding hydrogens is 395 g/mol. The van der Waals surface area contributed by atoms with E-state index in [-0.39, 0.29) is 23.2 Å². The number of nitriles is 1. The number of rotatable bonds is 4. The van der Waals surface area contributed by atoms with Gasteiger partial charge in [0.1, 0.15) is 11.9 Å². The highest BCUT2D eigenvalue weighted by atomic mass is 35.5. The second kappa shape index (κ2) is 8.02. The van der Waals surface area contributed by atoms with E-state index < -0.39 is 17.8 Å². The first-order valence-electron chi connectivity index (χ1n) is 8.88. The summed E-state index contributed by atoms with van der Waals surface area (Å²) in [5.41, 5.74) is 2.21. The standard InChI is InChI=1S/C21H18ClFN4O2/c1-10-14(21(29)27-17-5-4-15(22)11(2)19(10)17)7-18(28)26-12(3)20-16(23)6-13(8-24)9-25-20/h4-6,9,12H,7H2,1-3H3,(H,26,28)(H,27,29)/t12-/m1/s1. The van der Waals surface area contributed by atoms with Gasteiger partial charge in [-0.05, 0) is 50.1 Å². The summed E-state index contributed by atoms with van der Waals surface area (Å²) < 4.78 is 14.1. The van der Waals surface area contributed by atoms with Gasteiger partial charge in [0, 0.05) is 27.7 Å². The van der Waals surface area contributed by atoms with Gasteiger partial charge in [-0.15, -0.1) is 0 Å². The van der Waals surface area contributed by atoms with Crippen LogP contribution in [0.15, 0.2) is 29.2 Å². The van der Waals surface area contributed by atoms with E-state index in [1.165, 1.54) is 6.20 Å². The number of pyridine rings is 2. The number of aryl methyl sites for hydroxylation is 2. The molecule has 3 aromatic rings. The maximum atomic E-state index is 14.1. The summed E-state index contributed by atoms with van der Waals surface area (Å²) >= 11 is 6.20. The largest absolute Gasteiger partial charge is 0.348 e. The van der Waals surface area contributed by atoms with E-state index in [2.05, 4.69) is 15.3 Å². The van der Waals surface area contributed by atoms with Crippen molar-refractivity contribution in [3.63, 3.8) is 0 Å². The normalized spacial score (nSPS) is 11.9. The van der Waals surface area contributed by atoms with Crippen LogP contribution in [0.4, 0.5) is 4.39 Å². The zero-order valence-electron chi connectivity index (χ0n) is 16.1. The summed E-state index contributed by atoms with van der Waals surface area (Å²) in [6.45, 7) is 5.20. The van der Waals surface area contributed by atoms with Gasteiger partial charge in [-0.1, -0.05) is 11.6 Å². The highest BCUT2D eigenvalue weighted by Gasteiger charge is 2.19. The summed E-state index contributed by atoms with van der Waals surface area (Å²) in [5, 5.41) is 12.8. The number of nitrogens with zero attached hydrogens (tertiary/aromatic N) is 2. The number of fused-ring (bicyclic) bond motifs is 1. The second-order valence-electron chi connectivity index (χ2n) is 6.82. The van der Waals surface area contributed by atoms with Gasteiger partial charge in [0.25, 0.3) is 5.56 Å². The molecule has 0 fully saturated rings. The minimum Gasteiger partial charge on any atom is -0.348 e. The SMILES string of the molecule is Cc1c(Cl)ccc2[nH]c(=O)c(CC(=O)N[C@H](C)c3ncc(C#N)cc3F)c(C)c12. The highest BCUT2D eigenvalue weighted by molar-refractivity contribution is 6.32. The summed E-state index contributed by atoms with van der Waals surface area (Å²) in [6.07, 6.45) is 1.07. The molecule has 1 amide bonds. The van der Waals surface area contributed by atoms with Gasteiger partial charge >= 0.3 is 0 Å². The van der Waals surface area contributed by atoms with E-state index in [1.54, 1.807) is 32.0 Å². The number of carbonyl (C=O) groups excluding carboxylic acids is 1. The summed E-state index contributed by atoms with van der Waals surface area (Å²) in [4.78, 5) is 31.7. The van der Waals surface area contributed by atoms with Gasteiger partial charge < -0.3 is 10.3 Å². The molecule has 8 heteroatoms. The molecule has 1 aromatic carbocycles. The Morgan fingerprint density at radius 2 is 2.10 bits per heavy atom. The molecule has 2 N–H and O–H groups in total. The number of carbonyl (C=O) groups is 1. The molecule has 0 radical (unpaired) electrons. The summed E-state index contributed by atoms with van der Waals surface area (Å²) in [7, 11) is 0. The molecule has 2 aromatic heterocycles. The number of nitrogens with one attached hydrogen (secondary N) is 2. The van der Waals surface area contributed by atoms with Crippen molar-refractivity contribution < 1.29 is 9.18 Å². The van der Waals surface area contributed by atoms with Crippen LogP contribution in [0.3, 0.4) is 0 Å². The molecule has 1 atom stereocenters. The zero-order chi connectivity index (χ0) is 21.3. The van der Waals surface area contributed by atoms with E-state index in [4.69, 9.17) is 16.9 Å². The first-order valence-corrected chi connectivity index (χ1v) is 9.26. The number of aromatic nitrogens is 2. The number of amides is 1. The third-order valence-corrected chi connectivity index (χ3v) is 5.28. The van der Waals surface area contributed by atoms with Crippen LogP contribution in [-0.4, -0.2) is 15.9 Å². The van der Waals surface area contributed by atoms with Crippen LogP contribution < -0.4 is 10.9 Å². The second-order valence-corrected chi connectivity index (χ2v) is 7.23. The van der Waals surface area contributed by atoms with Crippen molar-refractivity contribution in [2.45, 2.75) is 33.2 Å². The number of aromatic amines is 1. The minimum absolute atomic E-state index is 0.0177. The van der Waals surface area contributed by atoms with Gasteiger partial charge in [0.2, 0.25) is 5.91 Å². The first kappa shape index (κ1) is 20.5. The lowest BCUT2D eigenvalue weighted by Crippen LogP contribution is -2.31. The van der Waals surface area contributed by atoms with E-state index in [9.17, 15) is 14.0 Å². The third-order valence-electron chi connectivity index (χ3n) is 4.87. The van der Waals surface area contributed by atoms with Gasteiger partial charge in [-0.3, -0.25) is 14.6 Å². The summed E-state index contributed by atoms with van der Waals surface area (Å²) in [5.74, 6) is -1.13. The molecule has 29 heavy (non-hydrogen) atoms. The van der Waals surface area contributed by atoms with Gasteiger partial charge in [-0.2, -0.15) is 5.26 Å². The van der Waals surface area contributed by atoms with E-state index >= 15 is 0 Å². The van der Waals surface area contributed by atoms with Crippen molar-refractivity contribution >= 4 is 28.4 Å². The van der Waals surface area contributed by atoms with Crippen molar-refractivity contribution in [3.05, 3.63) is 73.5 Å². The predicted molar refractivity (Wildman–Crippen MR) is 108 cm³/mol. The van der Waals surface area contributed by atoms with Crippen molar-refractivity contribution in [2.75, 3.05) is 0 Å². The molecule has 148 valence electrons. The molecule has 0 saturated heterocycles. The fraction of sp³-hybridized carbons (Fsp3) is 0.238. The van der Waals surface area contributed by atoms with Crippen LogP contribution in [0.2, 0.25) is 5.02 Å². The number of hydrogen-bond donors (Lipinski definition) is 2. The van der Waals surface area contributed by atoms with Crippen LogP contribution in [0.25, 0.3) is 10.9 Å². The molecule has 0 bridgehead atoms. The Bertz CT molecular complexity index is 1230. The van der Waals surface area contributed by atoms with E-state index in [0.717, 1.165) is 17.0 Å². The molecule has 2 heterocycles. The van der Waals surface area contributed by atoms with Crippen LogP contribution in [0.1, 0.15) is 40.9 Å². The fourth-order valence-electron chi connectivity index (χ4n) is 3.36. The van der Waals surface area contributed by atoms with E-state index in [0.29, 0.717) is 21.7 Å².